The number of aromatic nitrogens is 3. The molecule has 0 amide bonds. The zero-order valence-electron chi connectivity index (χ0n) is 20.0. The molecule has 0 bridgehead atoms. The third kappa shape index (κ3) is 4.85. The second-order valence-corrected chi connectivity index (χ2v) is 9.17. The maximum Gasteiger partial charge on any atom is 0.145 e. The Morgan fingerprint density at radius 2 is 1.97 bits per heavy atom. The summed E-state index contributed by atoms with van der Waals surface area (Å²) in [4.78, 5) is 19.7. The summed E-state index contributed by atoms with van der Waals surface area (Å²) in [6, 6.07) is 10.2. The van der Waals surface area contributed by atoms with Crippen molar-refractivity contribution in [1.82, 2.24) is 19.9 Å². The summed E-state index contributed by atoms with van der Waals surface area (Å²) in [5.74, 6) is 1.35. The average molecular weight is 476 g/mol. The summed E-state index contributed by atoms with van der Waals surface area (Å²) in [6.45, 7) is 4.19. The van der Waals surface area contributed by atoms with Crippen LogP contribution < -0.4 is 15.8 Å². The highest BCUT2D eigenvalue weighted by Crippen LogP contribution is 2.36. The lowest BCUT2D eigenvalue weighted by Crippen LogP contribution is -2.38. The molecule has 34 heavy (non-hydrogen) atoms. The van der Waals surface area contributed by atoms with Gasteiger partial charge in [-0.15, -0.1) is 11.3 Å². The molecular formula is C25H29N7OS. The third-order valence-electron chi connectivity index (χ3n) is 5.88. The molecule has 2 aromatic heterocycles. The number of allylic oxidation sites excluding steroid dienone is 1. The summed E-state index contributed by atoms with van der Waals surface area (Å²) >= 11 is 1.60. The largest absolute Gasteiger partial charge is 0.488 e. The molecule has 2 atom stereocenters. The van der Waals surface area contributed by atoms with Crippen LogP contribution >= 0.6 is 11.3 Å². The van der Waals surface area contributed by atoms with E-state index in [0.717, 1.165) is 37.9 Å². The van der Waals surface area contributed by atoms with Gasteiger partial charge in [0.05, 0.1) is 26.6 Å². The Bertz CT molecular complexity index is 1360. The molecule has 3 N–H and O–H groups in total. The van der Waals surface area contributed by atoms with Crippen LogP contribution in [0.3, 0.4) is 0 Å². The number of nitrogens with two attached hydrogens (primary N) is 1. The quantitative estimate of drug-likeness (QED) is 0.356. The fourth-order valence-electron chi connectivity index (χ4n) is 3.65. The second kappa shape index (κ2) is 10.1. The van der Waals surface area contributed by atoms with Crippen LogP contribution in [0.25, 0.3) is 26.7 Å². The van der Waals surface area contributed by atoms with Crippen LogP contribution in [0.4, 0.5) is 11.5 Å². The van der Waals surface area contributed by atoms with Crippen molar-refractivity contribution in [1.29, 1.82) is 0 Å². The molecule has 0 spiro atoms. The van der Waals surface area contributed by atoms with E-state index in [1.54, 1.807) is 30.9 Å². The summed E-state index contributed by atoms with van der Waals surface area (Å²) in [5.41, 5.74) is 12.0. The van der Waals surface area contributed by atoms with Crippen molar-refractivity contribution in [2.24, 2.45) is 10.7 Å². The number of thiazole rings is 1. The van der Waals surface area contributed by atoms with Crippen LogP contribution in [-0.4, -0.2) is 59.4 Å². The van der Waals surface area contributed by atoms with Crippen molar-refractivity contribution in [2.75, 3.05) is 26.5 Å². The first-order valence-electron chi connectivity index (χ1n) is 11.0. The molecule has 0 saturated carbocycles. The van der Waals surface area contributed by atoms with Gasteiger partial charge in [0.1, 0.15) is 24.0 Å². The topological polar surface area (TPSA) is 102 Å². The first-order valence-corrected chi connectivity index (χ1v) is 11.9. The van der Waals surface area contributed by atoms with Gasteiger partial charge in [-0.3, -0.25) is 4.99 Å². The van der Waals surface area contributed by atoms with Crippen molar-refractivity contribution in [3.63, 3.8) is 0 Å². The van der Waals surface area contributed by atoms with E-state index in [-0.39, 0.29) is 12.1 Å². The maximum atomic E-state index is 6.52. The van der Waals surface area contributed by atoms with Crippen molar-refractivity contribution in [3.05, 3.63) is 53.9 Å². The Morgan fingerprint density at radius 3 is 2.71 bits per heavy atom. The molecule has 9 heteroatoms. The lowest BCUT2D eigenvalue weighted by Gasteiger charge is -2.28. The number of nitrogens with zero attached hydrogens (tertiary/aromatic N) is 5. The van der Waals surface area contributed by atoms with Crippen LogP contribution in [0.5, 0.6) is 5.75 Å². The van der Waals surface area contributed by atoms with E-state index in [1.165, 1.54) is 6.20 Å². The van der Waals surface area contributed by atoms with Crippen molar-refractivity contribution in [3.8, 4) is 5.75 Å². The fraction of sp³-hybridized carbons (Fsp3) is 0.280. The van der Waals surface area contributed by atoms with E-state index in [0.29, 0.717) is 11.6 Å². The molecular weight excluding hydrogens is 446 g/mol. The monoisotopic (exact) mass is 475 g/mol. The Morgan fingerprint density at radius 1 is 1.15 bits per heavy atom. The van der Waals surface area contributed by atoms with Gasteiger partial charge in [0, 0.05) is 36.8 Å². The number of ether oxygens (including phenoxy) is 1. The number of benzene rings is 2. The molecule has 1 unspecified atom stereocenters. The van der Waals surface area contributed by atoms with Gasteiger partial charge in [-0.25, -0.2) is 15.0 Å². The number of aliphatic imine (C=N–C) groups is 1. The highest BCUT2D eigenvalue weighted by atomic mass is 32.1. The van der Waals surface area contributed by atoms with E-state index in [1.807, 2.05) is 43.9 Å². The van der Waals surface area contributed by atoms with Crippen molar-refractivity contribution in [2.45, 2.75) is 26.0 Å². The van der Waals surface area contributed by atoms with Crippen LogP contribution in [-0.2, 0) is 0 Å². The van der Waals surface area contributed by atoms with E-state index in [4.69, 9.17) is 10.5 Å². The summed E-state index contributed by atoms with van der Waals surface area (Å²) in [5, 5.41) is 4.26. The molecule has 4 aromatic rings. The van der Waals surface area contributed by atoms with E-state index >= 15 is 0 Å². The molecule has 0 fully saturated rings. The van der Waals surface area contributed by atoms with E-state index < -0.39 is 0 Å². The molecule has 0 aliphatic rings. The van der Waals surface area contributed by atoms with Crippen molar-refractivity contribution < 1.29 is 4.74 Å². The zero-order chi connectivity index (χ0) is 24.2. The zero-order valence-corrected chi connectivity index (χ0v) is 20.8. The summed E-state index contributed by atoms with van der Waals surface area (Å²) in [7, 11) is 5.79. The van der Waals surface area contributed by atoms with Crippen LogP contribution in [0.1, 0.15) is 19.4 Å². The van der Waals surface area contributed by atoms with Gasteiger partial charge in [0.25, 0.3) is 0 Å². The molecule has 176 valence electrons. The molecule has 0 aliphatic carbocycles. The van der Waals surface area contributed by atoms with Gasteiger partial charge in [0.2, 0.25) is 0 Å². The molecule has 0 radical (unpaired) electrons. The van der Waals surface area contributed by atoms with Crippen LogP contribution in [0, 0.1) is 0 Å². The standard InChI is InChI=1S/C25H29N7OS/c1-15(32(4)5)16(2)33-22-9-17(18(11-26)12-27-3)8-21-24(22)25(29-13-28-21)31-19-6-7-20-23(10-19)34-14-30-20/h6-16H,26H2,1-5H3,(H,28,29,31)/b18-11+,27-12?/t15-,16?/m0/s1. The lowest BCUT2D eigenvalue weighted by molar-refractivity contribution is 0.123. The summed E-state index contributed by atoms with van der Waals surface area (Å²) in [6.07, 6.45) is 4.73. The molecule has 4 rings (SSSR count). The van der Waals surface area contributed by atoms with Gasteiger partial charge < -0.3 is 20.7 Å². The van der Waals surface area contributed by atoms with Crippen LogP contribution in [0.2, 0.25) is 0 Å². The Kier molecular flexibility index (Phi) is 7.04. The Balaban J connectivity index is 1.84. The Labute approximate surface area is 203 Å². The first kappa shape index (κ1) is 23.6. The van der Waals surface area contributed by atoms with Gasteiger partial charge in [-0.1, -0.05) is 0 Å². The minimum Gasteiger partial charge on any atom is -0.488 e. The predicted octanol–water partition coefficient (Wildman–Crippen LogP) is 4.70. The second-order valence-electron chi connectivity index (χ2n) is 8.29. The number of nitrogens with one attached hydrogen (secondary N) is 1. The SMILES string of the molecule is CN=C/C(=C\N)c1cc(OC(C)[C@H](C)N(C)C)c2c(Nc3ccc4ncsc4c3)ncnc2c1. The fourth-order valence-corrected chi connectivity index (χ4v) is 4.37. The van der Waals surface area contributed by atoms with E-state index in [9.17, 15) is 0 Å². The van der Waals surface area contributed by atoms with Crippen LogP contribution in [0.15, 0.2) is 53.4 Å². The molecule has 2 heterocycles. The van der Waals surface area contributed by atoms with Crippen molar-refractivity contribution >= 4 is 55.7 Å². The number of fused-ring (bicyclic) bond motifs is 2. The predicted molar refractivity (Wildman–Crippen MR) is 142 cm³/mol. The molecule has 8 nitrogen and oxygen atoms in total. The highest BCUT2D eigenvalue weighted by Gasteiger charge is 2.20. The minimum atomic E-state index is -0.0832. The number of anilines is 2. The number of hydrogen-bond acceptors (Lipinski definition) is 9. The third-order valence-corrected chi connectivity index (χ3v) is 6.68. The summed E-state index contributed by atoms with van der Waals surface area (Å²) < 4.78 is 7.62. The van der Waals surface area contributed by atoms with Gasteiger partial charge in [-0.2, -0.15) is 0 Å². The first-order chi connectivity index (χ1) is 16.4. The number of hydrogen-bond donors (Lipinski definition) is 2. The average Bonchev–Trinajstić information content (AvgIpc) is 3.29. The Hall–Kier alpha value is -3.56. The van der Waals surface area contributed by atoms with Gasteiger partial charge in [-0.05, 0) is 63.8 Å². The van der Waals surface area contributed by atoms with E-state index in [2.05, 4.69) is 50.1 Å². The molecule has 2 aromatic carbocycles. The normalized spacial score (nSPS) is 14.2. The van der Waals surface area contributed by atoms with Gasteiger partial charge in [0.15, 0.2) is 0 Å². The maximum absolute atomic E-state index is 6.52. The highest BCUT2D eigenvalue weighted by molar-refractivity contribution is 7.16. The lowest BCUT2D eigenvalue weighted by atomic mass is 10.0. The van der Waals surface area contributed by atoms with Gasteiger partial charge >= 0.3 is 0 Å². The molecule has 0 saturated heterocycles. The smallest absolute Gasteiger partial charge is 0.145 e. The number of likely N-dealkylation sites (N-methyl/N-ethyl adjacent to an activating group) is 1. The molecule has 0 aliphatic heterocycles. The minimum absolute atomic E-state index is 0.0832. The number of rotatable bonds is 8.